The maximum Gasteiger partial charge on any atom is 0.274 e. The van der Waals surface area contributed by atoms with E-state index in [9.17, 15) is 27.7 Å². The van der Waals surface area contributed by atoms with Gasteiger partial charge < -0.3 is 4.90 Å². The molecule has 2 aromatic rings. The highest BCUT2D eigenvalue weighted by Crippen LogP contribution is 2.36. The first-order valence-electron chi connectivity index (χ1n) is 10.1. The molecule has 0 saturated carbocycles. The van der Waals surface area contributed by atoms with Crippen LogP contribution in [0.3, 0.4) is 0 Å². The normalized spacial score (nSPS) is 19.6. The van der Waals surface area contributed by atoms with Gasteiger partial charge in [0.25, 0.3) is 5.69 Å². The van der Waals surface area contributed by atoms with E-state index in [0.717, 1.165) is 12.1 Å². The van der Waals surface area contributed by atoms with Gasteiger partial charge >= 0.3 is 0 Å². The van der Waals surface area contributed by atoms with Crippen LogP contribution in [0.1, 0.15) is 24.8 Å². The van der Waals surface area contributed by atoms with Crippen molar-refractivity contribution in [2.45, 2.75) is 30.6 Å². The minimum atomic E-state index is -3.85. The lowest BCUT2D eigenvalue weighted by Crippen LogP contribution is -2.48. The van der Waals surface area contributed by atoms with Gasteiger partial charge in [0.15, 0.2) is 0 Å². The van der Waals surface area contributed by atoms with E-state index >= 15 is 0 Å². The highest BCUT2D eigenvalue weighted by Gasteiger charge is 2.37. The van der Waals surface area contributed by atoms with Crippen LogP contribution >= 0.6 is 0 Å². The zero-order valence-electron chi connectivity index (χ0n) is 16.7. The van der Waals surface area contributed by atoms with Gasteiger partial charge in [-0.15, -0.1) is 0 Å². The molecule has 1 amide bonds. The van der Waals surface area contributed by atoms with Gasteiger partial charge in [0.05, 0.1) is 27.0 Å². The zero-order chi connectivity index (χ0) is 22.2. The number of rotatable bonds is 4. The molecule has 0 spiro atoms. The number of sulfonamides is 1. The first-order valence-corrected chi connectivity index (χ1v) is 11.6. The summed E-state index contributed by atoms with van der Waals surface area (Å²) in [5.41, 5.74) is 1.07. The van der Waals surface area contributed by atoms with E-state index in [1.54, 1.807) is 17.0 Å². The van der Waals surface area contributed by atoms with E-state index in [1.165, 1.54) is 22.5 Å². The second-order valence-corrected chi connectivity index (χ2v) is 9.72. The number of fused-ring (bicyclic) bond motifs is 1. The molecule has 31 heavy (non-hydrogen) atoms. The van der Waals surface area contributed by atoms with Crippen LogP contribution in [0.15, 0.2) is 47.4 Å². The van der Waals surface area contributed by atoms with Crippen molar-refractivity contribution in [2.75, 3.05) is 24.5 Å². The molecular weight excluding hydrogens is 425 g/mol. The summed E-state index contributed by atoms with van der Waals surface area (Å²) in [4.78, 5) is 25.8. The molecule has 0 aliphatic carbocycles. The molecular formula is C21H22FN3O5S. The van der Waals surface area contributed by atoms with E-state index in [0.29, 0.717) is 43.5 Å². The second-order valence-electron chi connectivity index (χ2n) is 7.78. The highest BCUT2D eigenvalue weighted by atomic mass is 32.2. The molecule has 1 unspecified atom stereocenters. The van der Waals surface area contributed by atoms with Crippen LogP contribution in [0, 0.1) is 21.8 Å². The number of piperidine rings is 1. The highest BCUT2D eigenvalue weighted by molar-refractivity contribution is 7.89. The summed E-state index contributed by atoms with van der Waals surface area (Å²) in [5.74, 6) is -1.29. The third-order valence-corrected chi connectivity index (χ3v) is 7.75. The van der Waals surface area contributed by atoms with Gasteiger partial charge in [0.2, 0.25) is 15.9 Å². The largest absolute Gasteiger partial charge is 0.312 e. The average molecular weight is 447 g/mol. The number of carbonyl (C=O) groups excluding carboxylic acids is 1. The molecule has 2 aliphatic rings. The van der Waals surface area contributed by atoms with E-state index in [1.807, 2.05) is 0 Å². The fourth-order valence-electron chi connectivity index (χ4n) is 4.34. The van der Waals surface area contributed by atoms with Crippen molar-refractivity contribution in [3.8, 4) is 0 Å². The molecule has 164 valence electrons. The average Bonchev–Trinajstić information content (AvgIpc) is 2.78. The van der Waals surface area contributed by atoms with Gasteiger partial charge in [0.1, 0.15) is 5.82 Å². The Labute approximate surface area is 179 Å². The second kappa shape index (κ2) is 8.35. The number of halogens is 1. The van der Waals surface area contributed by atoms with Gasteiger partial charge in [-0.1, -0.05) is 6.07 Å². The third kappa shape index (κ3) is 4.05. The van der Waals surface area contributed by atoms with Crippen molar-refractivity contribution in [3.05, 3.63) is 64.0 Å². The minimum Gasteiger partial charge on any atom is -0.312 e. The van der Waals surface area contributed by atoms with Gasteiger partial charge in [0, 0.05) is 25.7 Å². The number of nitro benzene ring substituents is 1. The summed E-state index contributed by atoms with van der Waals surface area (Å²) in [6.07, 6.45) is 2.18. The lowest BCUT2D eigenvalue weighted by Gasteiger charge is -2.36. The van der Waals surface area contributed by atoms with Crippen molar-refractivity contribution >= 4 is 27.3 Å². The number of anilines is 1. The topological polar surface area (TPSA) is 101 Å². The van der Waals surface area contributed by atoms with Crippen molar-refractivity contribution in [1.82, 2.24) is 4.31 Å². The lowest BCUT2D eigenvalue weighted by molar-refractivity contribution is -0.385. The summed E-state index contributed by atoms with van der Waals surface area (Å²) in [7, 11) is -3.85. The molecule has 0 N–H and O–H groups in total. The SMILES string of the molecule is O=C(C1CCCN(S(=O)(=O)c2ccc(F)cc2)C1)N1CCCc2c1cccc2[N+](=O)[O-]. The molecule has 2 aromatic carbocycles. The molecule has 2 aliphatic heterocycles. The van der Waals surface area contributed by atoms with Crippen molar-refractivity contribution in [1.29, 1.82) is 0 Å². The molecule has 2 heterocycles. The Morgan fingerprint density at radius 3 is 2.55 bits per heavy atom. The van der Waals surface area contributed by atoms with Crippen LogP contribution < -0.4 is 4.90 Å². The molecule has 1 fully saturated rings. The van der Waals surface area contributed by atoms with Crippen LogP contribution in [0.5, 0.6) is 0 Å². The molecule has 4 rings (SSSR count). The van der Waals surface area contributed by atoms with Gasteiger partial charge in [-0.3, -0.25) is 14.9 Å². The Morgan fingerprint density at radius 2 is 1.84 bits per heavy atom. The number of carbonyl (C=O) groups is 1. The van der Waals surface area contributed by atoms with Crippen molar-refractivity contribution in [3.63, 3.8) is 0 Å². The van der Waals surface area contributed by atoms with Crippen LogP contribution in [0.2, 0.25) is 0 Å². The number of hydrogen-bond acceptors (Lipinski definition) is 5. The Morgan fingerprint density at radius 1 is 1.10 bits per heavy atom. The summed E-state index contributed by atoms with van der Waals surface area (Å²) in [6, 6.07) is 9.33. The third-order valence-electron chi connectivity index (χ3n) is 5.87. The lowest BCUT2D eigenvalue weighted by atomic mass is 9.94. The fourth-order valence-corrected chi connectivity index (χ4v) is 5.87. The summed E-state index contributed by atoms with van der Waals surface area (Å²) in [6.45, 7) is 0.749. The predicted molar refractivity (Wildman–Crippen MR) is 112 cm³/mol. The summed E-state index contributed by atoms with van der Waals surface area (Å²) >= 11 is 0. The van der Waals surface area contributed by atoms with E-state index in [2.05, 4.69) is 0 Å². The van der Waals surface area contributed by atoms with Crippen molar-refractivity contribution in [2.24, 2.45) is 5.92 Å². The maximum absolute atomic E-state index is 13.3. The standard InChI is InChI=1S/C21H22FN3O5S/c22-16-8-10-17(11-9-16)31(29,30)23-12-2-4-15(14-23)21(26)24-13-3-5-18-19(24)6-1-7-20(18)25(27)28/h1,6-11,15H,2-5,12-14H2. The van der Waals surface area contributed by atoms with Gasteiger partial charge in [-0.2, -0.15) is 4.31 Å². The van der Waals surface area contributed by atoms with Crippen LogP contribution in [0.25, 0.3) is 0 Å². The predicted octanol–water partition coefficient (Wildman–Crippen LogP) is 3.11. The van der Waals surface area contributed by atoms with E-state index in [4.69, 9.17) is 0 Å². The Kier molecular flexibility index (Phi) is 5.76. The molecule has 0 bridgehead atoms. The quantitative estimate of drug-likeness (QED) is 0.530. The molecule has 10 heteroatoms. The minimum absolute atomic E-state index is 0.000779. The maximum atomic E-state index is 13.3. The number of amides is 1. The molecule has 1 saturated heterocycles. The number of hydrogen-bond donors (Lipinski definition) is 0. The van der Waals surface area contributed by atoms with Gasteiger partial charge in [-0.25, -0.2) is 12.8 Å². The van der Waals surface area contributed by atoms with Crippen LogP contribution in [0.4, 0.5) is 15.8 Å². The molecule has 0 aromatic heterocycles. The molecule has 0 radical (unpaired) electrons. The molecule has 8 nitrogen and oxygen atoms in total. The van der Waals surface area contributed by atoms with Crippen LogP contribution in [-0.2, 0) is 21.2 Å². The summed E-state index contributed by atoms with van der Waals surface area (Å²) < 4.78 is 40.4. The zero-order valence-corrected chi connectivity index (χ0v) is 17.6. The Hall–Kier alpha value is -2.85. The number of benzene rings is 2. The first-order chi connectivity index (χ1) is 14.8. The Balaban J connectivity index is 1.57. The van der Waals surface area contributed by atoms with E-state index < -0.39 is 26.7 Å². The van der Waals surface area contributed by atoms with Crippen LogP contribution in [-0.4, -0.2) is 43.2 Å². The van der Waals surface area contributed by atoms with Crippen molar-refractivity contribution < 1.29 is 22.5 Å². The molecule has 1 atom stereocenters. The summed E-state index contributed by atoms with van der Waals surface area (Å²) in [5, 5.41) is 11.4. The Bertz CT molecular complexity index is 1120. The van der Waals surface area contributed by atoms with Gasteiger partial charge in [-0.05, 0) is 56.0 Å². The smallest absolute Gasteiger partial charge is 0.274 e. The number of nitro groups is 1. The monoisotopic (exact) mass is 447 g/mol. The number of nitrogens with zero attached hydrogens (tertiary/aromatic N) is 3. The van der Waals surface area contributed by atoms with E-state index in [-0.39, 0.29) is 29.6 Å². The first kappa shape index (κ1) is 21.4. The fraction of sp³-hybridized carbons (Fsp3) is 0.381.